The molecular weight excluding hydrogens is 769 g/mol. The average molecular weight is 805 g/mol. The molecule has 13 rings (SSSR count). The molecule has 2 aromatic heterocycles. The second kappa shape index (κ2) is 13.7. The molecule has 9 aromatic carbocycles. The highest BCUT2D eigenvalue weighted by atomic mass is 32.1. The lowest BCUT2D eigenvalue weighted by atomic mass is 9.66. The minimum absolute atomic E-state index is 0.541. The Morgan fingerprint density at radius 1 is 0.290 bits per heavy atom. The number of rotatable bonds is 4. The second-order valence-electron chi connectivity index (χ2n) is 16.4. The zero-order chi connectivity index (χ0) is 40.8. The Kier molecular flexibility index (Phi) is 7.72. The SMILES string of the molecule is c1ccc(-c2cccc(-c3cc(-c4ccc5sc6ccccc6c5c4)nc(-c4ccc5c(c4)-c4ccccc4C54c5ccccc5-c5ccccc5-c5ccccc54)n3)c2)cc1. The molecule has 0 aliphatic heterocycles. The van der Waals surface area contributed by atoms with Gasteiger partial charge in [0.25, 0.3) is 0 Å². The van der Waals surface area contributed by atoms with E-state index in [1.807, 2.05) is 11.3 Å². The summed E-state index contributed by atoms with van der Waals surface area (Å²) in [6.45, 7) is 0. The minimum Gasteiger partial charge on any atom is -0.228 e. The molecule has 0 unspecified atom stereocenters. The van der Waals surface area contributed by atoms with Crippen LogP contribution in [0.1, 0.15) is 22.3 Å². The van der Waals surface area contributed by atoms with Gasteiger partial charge in [0.15, 0.2) is 5.82 Å². The van der Waals surface area contributed by atoms with E-state index in [1.54, 1.807) is 0 Å². The molecule has 11 aromatic rings. The standard InChI is InChI=1S/C59H36N2S/c1-2-15-37(16-3-1)38-17-14-18-39(33-38)54-36-55(40-30-32-57-49(34-40)47-24-9-13-28-56(47)62-57)61-58(60-54)41-29-31-53-48(35-41)46-23-8-12-27-52(46)59(53)50-25-10-6-21-44(50)42-19-4-5-20-43(42)45-22-7-11-26-51(45)59/h1-36H. The van der Waals surface area contributed by atoms with Gasteiger partial charge in [0, 0.05) is 36.9 Å². The number of hydrogen-bond acceptors (Lipinski definition) is 3. The highest BCUT2D eigenvalue weighted by molar-refractivity contribution is 7.25. The fourth-order valence-electron chi connectivity index (χ4n) is 10.4. The quantitative estimate of drug-likeness (QED) is 0.177. The molecule has 62 heavy (non-hydrogen) atoms. The second-order valence-corrected chi connectivity index (χ2v) is 17.5. The first-order chi connectivity index (χ1) is 30.7. The van der Waals surface area contributed by atoms with Crippen molar-refractivity contribution >= 4 is 31.5 Å². The summed E-state index contributed by atoms with van der Waals surface area (Å²) in [4.78, 5) is 10.9. The number of aromatic nitrogens is 2. The molecule has 3 heteroatoms. The first kappa shape index (κ1) is 35.1. The Labute approximate surface area is 364 Å². The van der Waals surface area contributed by atoms with E-state index in [4.69, 9.17) is 9.97 Å². The van der Waals surface area contributed by atoms with Gasteiger partial charge in [0.2, 0.25) is 0 Å². The van der Waals surface area contributed by atoms with Crippen LogP contribution in [0.2, 0.25) is 0 Å². The third kappa shape index (κ3) is 5.16. The molecule has 2 aliphatic carbocycles. The van der Waals surface area contributed by atoms with Gasteiger partial charge in [-0.3, -0.25) is 0 Å². The molecule has 0 saturated carbocycles. The van der Waals surface area contributed by atoms with Gasteiger partial charge in [-0.05, 0) is 103 Å². The smallest absolute Gasteiger partial charge is 0.160 e. The van der Waals surface area contributed by atoms with Gasteiger partial charge in [-0.1, -0.05) is 182 Å². The average Bonchev–Trinajstić information content (AvgIpc) is 3.84. The molecule has 0 bridgehead atoms. The topological polar surface area (TPSA) is 25.8 Å². The third-order valence-electron chi connectivity index (χ3n) is 13.1. The summed E-state index contributed by atoms with van der Waals surface area (Å²) in [5, 5.41) is 2.52. The van der Waals surface area contributed by atoms with Crippen LogP contribution in [-0.4, -0.2) is 9.97 Å². The monoisotopic (exact) mass is 804 g/mol. The van der Waals surface area contributed by atoms with E-state index in [1.165, 1.54) is 81.4 Å². The van der Waals surface area contributed by atoms with Crippen molar-refractivity contribution in [3.8, 4) is 78.4 Å². The summed E-state index contributed by atoms with van der Waals surface area (Å²) in [5.41, 5.74) is 19.3. The molecular formula is C59H36N2S. The molecule has 0 fully saturated rings. The first-order valence-electron chi connectivity index (χ1n) is 21.2. The summed E-state index contributed by atoms with van der Waals surface area (Å²) in [6.07, 6.45) is 0. The van der Waals surface area contributed by atoms with Gasteiger partial charge in [0.05, 0.1) is 16.8 Å². The fraction of sp³-hybridized carbons (Fsp3) is 0.0169. The Morgan fingerprint density at radius 3 is 1.48 bits per heavy atom. The molecule has 1 spiro atoms. The van der Waals surface area contributed by atoms with Crippen LogP contribution in [0.15, 0.2) is 218 Å². The molecule has 2 heterocycles. The van der Waals surface area contributed by atoms with Crippen LogP contribution in [0.4, 0.5) is 0 Å². The van der Waals surface area contributed by atoms with Gasteiger partial charge in [-0.25, -0.2) is 9.97 Å². The van der Waals surface area contributed by atoms with Crippen molar-refractivity contribution in [3.05, 3.63) is 241 Å². The van der Waals surface area contributed by atoms with Crippen molar-refractivity contribution < 1.29 is 0 Å². The van der Waals surface area contributed by atoms with Crippen molar-refractivity contribution in [1.29, 1.82) is 0 Å². The highest BCUT2D eigenvalue weighted by Gasteiger charge is 2.49. The van der Waals surface area contributed by atoms with E-state index in [0.717, 1.165) is 33.6 Å². The third-order valence-corrected chi connectivity index (χ3v) is 14.3. The van der Waals surface area contributed by atoms with Crippen LogP contribution in [0, 0.1) is 0 Å². The molecule has 0 radical (unpaired) electrons. The lowest BCUT2D eigenvalue weighted by Gasteiger charge is -2.35. The summed E-state index contributed by atoms with van der Waals surface area (Å²) >= 11 is 1.84. The van der Waals surface area contributed by atoms with E-state index < -0.39 is 5.41 Å². The lowest BCUT2D eigenvalue weighted by Crippen LogP contribution is -2.29. The van der Waals surface area contributed by atoms with E-state index in [0.29, 0.717) is 5.82 Å². The summed E-state index contributed by atoms with van der Waals surface area (Å²) < 4.78 is 2.57. The van der Waals surface area contributed by atoms with Crippen molar-refractivity contribution in [3.63, 3.8) is 0 Å². The summed E-state index contributed by atoms with van der Waals surface area (Å²) in [5.74, 6) is 0.702. The lowest BCUT2D eigenvalue weighted by molar-refractivity contribution is 0.775. The summed E-state index contributed by atoms with van der Waals surface area (Å²) in [7, 11) is 0. The van der Waals surface area contributed by atoms with Crippen molar-refractivity contribution in [2.45, 2.75) is 5.41 Å². The van der Waals surface area contributed by atoms with Crippen LogP contribution >= 0.6 is 11.3 Å². The van der Waals surface area contributed by atoms with Crippen molar-refractivity contribution in [2.75, 3.05) is 0 Å². The van der Waals surface area contributed by atoms with E-state index in [9.17, 15) is 0 Å². The van der Waals surface area contributed by atoms with Crippen molar-refractivity contribution in [2.24, 2.45) is 0 Å². The number of thiophene rings is 1. The number of benzene rings is 9. The van der Waals surface area contributed by atoms with Crippen molar-refractivity contribution in [1.82, 2.24) is 9.97 Å². The Hall–Kier alpha value is -7.72. The van der Waals surface area contributed by atoms with Gasteiger partial charge in [0.1, 0.15) is 0 Å². The largest absolute Gasteiger partial charge is 0.228 e. The predicted octanol–water partition coefficient (Wildman–Crippen LogP) is 15.5. The van der Waals surface area contributed by atoms with Crippen LogP contribution in [0.3, 0.4) is 0 Å². The van der Waals surface area contributed by atoms with Gasteiger partial charge in [-0.15, -0.1) is 11.3 Å². The normalized spacial score (nSPS) is 13.0. The number of nitrogens with zero attached hydrogens (tertiary/aromatic N) is 2. The maximum atomic E-state index is 5.44. The van der Waals surface area contributed by atoms with Gasteiger partial charge < -0.3 is 0 Å². The molecule has 0 N–H and O–H groups in total. The fourth-order valence-corrected chi connectivity index (χ4v) is 11.5. The Bertz CT molecular complexity index is 3530. The first-order valence-corrected chi connectivity index (χ1v) is 22.0. The summed E-state index contributed by atoms with van der Waals surface area (Å²) in [6, 6.07) is 79.9. The molecule has 0 saturated heterocycles. The van der Waals surface area contributed by atoms with Crippen LogP contribution < -0.4 is 0 Å². The van der Waals surface area contributed by atoms with Gasteiger partial charge in [-0.2, -0.15) is 0 Å². The molecule has 0 amide bonds. The Morgan fingerprint density at radius 2 is 0.790 bits per heavy atom. The van der Waals surface area contributed by atoms with Crippen LogP contribution in [0.25, 0.3) is 98.6 Å². The van der Waals surface area contributed by atoms with Gasteiger partial charge >= 0.3 is 0 Å². The van der Waals surface area contributed by atoms with E-state index in [-0.39, 0.29) is 0 Å². The van der Waals surface area contributed by atoms with E-state index in [2.05, 4.69) is 218 Å². The predicted molar refractivity (Wildman–Crippen MR) is 258 cm³/mol. The highest BCUT2D eigenvalue weighted by Crippen LogP contribution is 2.61. The maximum absolute atomic E-state index is 5.44. The maximum Gasteiger partial charge on any atom is 0.160 e. The van der Waals surface area contributed by atoms with E-state index >= 15 is 0 Å². The number of hydrogen-bond donors (Lipinski definition) is 0. The zero-order valence-corrected chi connectivity index (χ0v) is 34.4. The molecule has 2 nitrogen and oxygen atoms in total. The van der Waals surface area contributed by atoms with Crippen LogP contribution in [0.5, 0.6) is 0 Å². The minimum atomic E-state index is -0.541. The molecule has 2 aliphatic rings. The Balaban J connectivity index is 1.05. The number of fused-ring (bicyclic) bond motifs is 15. The van der Waals surface area contributed by atoms with Crippen LogP contribution in [-0.2, 0) is 5.41 Å². The molecule has 0 atom stereocenters. The molecule has 288 valence electrons. The zero-order valence-electron chi connectivity index (χ0n) is 33.6.